The van der Waals surface area contributed by atoms with Crippen molar-refractivity contribution in [2.75, 3.05) is 19.3 Å². The quantitative estimate of drug-likeness (QED) is 0.770. The van der Waals surface area contributed by atoms with Gasteiger partial charge in [0.05, 0.1) is 0 Å². The lowest BCUT2D eigenvalue weighted by molar-refractivity contribution is -0.159. The highest BCUT2D eigenvalue weighted by molar-refractivity contribution is 7.99. The smallest absolute Gasteiger partial charge is 0.246 e. The van der Waals surface area contributed by atoms with Gasteiger partial charge in [-0.3, -0.25) is 9.59 Å². The Kier molecular flexibility index (Phi) is 3.74. The van der Waals surface area contributed by atoms with E-state index in [4.69, 9.17) is 0 Å². The Labute approximate surface area is 118 Å². The van der Waals surface area contributed by atoms with Crippen LogP contribution in [0.25, 0.3) is 0 Å². The molecule has 0 aromatic heterocycles. The second-order valence-electron chi connectivity index (χ2n) is 5.89. The Morgan fingerprint density at radius 1 is 1.11 bits per heavy atom. The number of rotatable bonds is 2. The van der Waals surface area contributed by atoms with Crippen molar-refractivity contribution in [1.29, 1.82) is 0 Å². The molecule has 0 radical (unpaired) electrons. The van der Waals surface area contributed by atoms with Crippen molar-refractivity contribution >= 4 is 23.6 Å². The highest BCUT2D eigenvalue weighted by atomic mass is 32.2. The summed E-state index contributed by atoms with van der Waals surface area (Å²) in [6.07, 6.45) is 8.43. The molecule has 2 saturated heterocycles. The fourth-order valence-corrected chi connectivity index (χ4v) is 4.50. The monoisotopic (exact) mass is 282 g/mol. The molecule has 2 heterocycles. The number of carbonyl (C=O) groups is 2. The van der Waals surface area contributed by atoms with Gasteiger partial charge >= 0.3 is 0 Å². The van der Waals surface area contributed by atoms with E-state index in [2.05, 4.69) is 6.26 Å². The van der Waals surface area contributed by atoms with E-state index < -0.39 is 0 Å². The molecule has 3 fully saturated rings. The SMILES string of the molecule is CSC1CCC(N2CC(=O)N3CCCCC3C2=O)C1. The number of hydrogen-bond acceptors (Lipinski definition) is 3. The normalized spacial score (nSPS) is 35.7. The first-order valence-electron chi connectivity index (χ1n) is 7.33. The van der Waals surface area contributed by atoms with Crippen molar-refractivity contribution in [3.8, 4) is 0 Å². The van der Waals surface area contributed by atoms with Gasteiger partial charge in [-0.1, -0.05) is 0 Å². The molecule has 1 saturated carbocycles. The van der Waals surface area contributed by atoms with Crippen LogP contribution in [-0.4, -0.2) is 58.3 Å². The fourth-order valence-electron chi connectivity index (χ4n) is 3.72. The molecule has 2 amide bonds. The molecule has 3 atom stereocenters. The maximum atomic E-state index is 12.6. The van der Waals surface area contributed by atoms with E-state index in [-0.39, 0.29) is 17.9 Å². The third-order valence-corrected chi connectivity index (χ3v) is 5.92. The van der Waals surface area contributed by atoms with Crippen LogP contribution in [0.15, 0.2) is 0 Å². The van der Waals surface area contributed by atoms with Gasteiger partial charge in [-0.15, -0.1) is 0 Å². The van der Waals surface area contributed by atoms with Gasteiger partial charge in [-0.05, 0) is 44.8 Å². The van der Waals surface area contributed by atoms with E-state index in [1.807, 2.05) is 21.6 Å². The molecule has 2 aliphatic heterocycles. The predicted octanol–water partition coefficient (Wildman–Crippen LogP) is 1.49. The lowest BCUT2D eigenvalue weighted by Gasteiger charge is -2.44. The molecule has 106 valence electrons. The number of fused-ring (bicyclic) bond motifs is 1. The van der Waals surface area contributed by atoms with Gasteiger partial charge in [0.25, 0.3) is 0 Å². The number of piperazine rings is 1. The van der Waals surface area contributed by atoms with Crippen molar-refractivity contribution in [1.82, 2.24) is 9.80 Å². The second kappa shape index (κ2) is 5.35. The van der Waals surface area contributed by atoms with Crippen LogP contribution in [-0.2, 0) is 9.59 Å². The third-order valence-electron chi connectivity index (χ3n) is 4.83. The molecule has 5 heteroatoms. The molecular weight excluding hydrogens is 260 g/mol. The van der Waals surface area contributed by atoms with Crippen LogP contribution >= 0.6 is 11.8 Å². The van der Waals surface area contributed by atoms with Crippen molar-refractivity contribution < 1.29 is 9.59 Å². The van der Waals surface area contributed by atoms with Gasteiger partial charge in [0.2, 0.25) is 11.8 Å². The molecule has 0 N–H and O–H groups in total. The van der Waals surface area contributed by atoms with Crippen molar-refractivity contribution in [3.05, 3.63) is 0 Å². The summed E-state index contributed by atoms with van der Waals surface area (Å²) >= 11 is 1.89. The second-order valence-corrected chi connectivity index (χ2v) is 7.03. The Bertz CT molecular complexity index is 388. The van der Waals surface area contributed by atoms with Crippen LogP contribution in [0.1, 0.15) is 38.5 Å². The van der Waals surface area contributed by atoms with Crippen molar-refractivity contribution in [2.24, 2.45) is 0 Å². The molecule has 0 aromatic carbocycles. The zero-order chi connectivity index (χ0) is 13.4. The first-order valence-corrected chi connectivity index (χ1v) is 8.62. The molecule has 0 bridgehead atoms. The average molecular weight is 282 g/mol. The molecule has 3 rings (SSSR count). The molecule has 4 nitrogen and oxygen atoms in total. The largest absolute Gasteiger partial charge is 0.329 e. The summed E-state index contributed by atoms with van der Waals surface area (Å²) in [5.74, 6) is 0.378. The Balaban J connectivity index is 1.73. The minimum Gasteiger partial charge on any atom is -0.329 e. The van der Waals surface area contributed by atoms with Crippen LogP contribution in [0, 0.1) is 0 Å². The maximum Gasteiger partial charge on any atom is 0.246 e. The van der Waals surface area contributed by atoms with E-state index in [9.17, 15) is 9.59 Å². The zero-order valence-corrected chi connectivity index (χ0v) is 12.3. The summed E-state index contributed by atoms with van der Waals surface area (Å²) in [5, 5.41) is 0.664. The standard InChI is InChI=1S/C14H22N2O2S/c1-19-11-6-5-10(8-11)16-9-13(17)15-7-3-2-4-12(15)14(16)18/h10-12H,2-9H2,1H3. The minimum absolute atomic E-state index is 0.150. The van der Waals surface area contributed by atoms with Crippen LogP contribution < -0.4 is 0 Å². The lowest BCUT2D eigenvalue weighted by atomic mass is 9.97. The van der Waals surface area contributed by atoms with Gasteiger partial charge in [-0.25, -0.2) is 0 Å². The van der Waals surface area contributed by atoms with E-state index in [1.54, 1.807) is 0 Å². The summed E-state index contributed by atoms with van der Waals surface area (Å²) < 4.78 is 0. The lowest BCUT2D eigenvalue weighted by Crippen LogP contribution is -2.63. The minimum atomic E-state index is -0.150. The molecule has 1 aliphatic carbocycles. The summed E-state index contributed by atoms with van der Waals surface area (Å²) in [6.45, 7) is 1.10. The maximum absolute atomic E-state index is 12.6. The molecule has 0 aromatic rings. The van der Waals surface area contributed by atoms with Crippen LogP contribution in [0.5, 0.6) is 0 Å². The predicted molar refractivity (Wildman–Crippen MR) is 76.0 cm³/mol. The number of thioether (sulfide) groups is 1. The molecule has 19 heavy (non-hydrogen) atoms. The molecule has 3 unspecified atom stereocenters. The summed E-state index contributed by atoms with van der Waals surface area (Å²) in [7, 11) is 0. The van der Waals surface area contributed by atoms with Gasteiger partial charge in [0.1, 0.15) is 12.6 Å². The summed E-state index contributed by atoms with van der Waals surface area (Å²) in [4.78, 5) is 28.5. The topological polar surface area (TPSA) is 40.6 Å². The number of carbonyl (C=O) groups excluding carboxylic acids is 2. The van der Waals surface area contributed by atoms with Gasteiger partial charge in [-0.2, -0.15) is 11.8 Å². The van der Waals surface area contributed by atoms with E-state index >= 15 is 0 Å². The number of hydrogen-bond donors (Lipinski definition) is 0. The van der Waals surface area contributed by atoms with Crippen LogP contribution in [0.4, 0.5) is 0 Å². The van der Waals surface area contributed by atoms with E-state index in [0.717, 1.165) is 38.6 Å². The van der Waals surface area contributed by atoms with E-state index in [0.29, 0.717) is 17.8 Å². The van der Waals surface area contributed by atoms with Gasteiger partial charge in [0.15, 0.2) is 0 Å². The van der Waals surface area contributed by atoms with Gasteiger partial charge in [0, 0.05) is 17.8 Å². The fraction of sp³-hybridized carbons (Fsp3) is 0.857. The highest BCUT2D eigenvalue weighted by Crippen LogP contribution is 2.34. The van der Waals surface area contributed by atoms with Crippen LogP contribution in [0.3, 0.4) is 0 Å². The van der Waals surface area contributed by atoms with E-state index in [1.165, 1.54) is 6.42 Å². The average Bonchev–Trinajstić information content (AvgIpc) is 2.91. The Hall–Kier alpha value is -0.710. The van der Waals surface area contributed by atoms with Gasteiger partial charge < -0.3 is 9.80 Å². The Morgan fingerprint density at radius 3 is 2.68 bits per heavy atom. The van der Waals surface area contributed by atoms with Crippen LogP contribution in [0.2, 0.25) is 0 Å². The number of piperidine rings is 1. The third kappa shape index (κ3) is 2.37. The molecule has 0 spiro atoms. The van der Waals surface area contributed by atoms with Crippen molar-refractivity contribution in [2.45, 2.75) is 55.9 Å². The Morgan fingerprint density at radius 2 is 1.95 bits per heavy atom. The first kappa shape index (κ1) is 13.3. The zero-order valence-electron chi connectivity index (χ0n) is 11.5. The first-order chi connectivity index (χ1) is 9.20. The summed E-state index contributed by atoms with van der Waals surface area (Å²) in [6, 6.07) is 0.154. The number of amides is 2. The molecule has 3 aliphatic rings. The summed E-state index contributed by atoms with van der Waals surface area (Å²) in [5.41, 5.74) is 0. The molecular formula is C14H22N2O2S. The number of nitrogens with zero attached hydrogens (tertiary/aromatic N) is 2. The highest BCUT2D eigenvalue weighted by Gasteiger charge is 2.44. The van der Waals surface area contributed by atoms with Crippen molar-refractivity contribution in [3.63, 3.8) is 0 Å².